The number of aromatic nitrogens is 2. The Morgan fingerprint density at radius 1 is 1.39 bits per heavy atom. The third-order valence-electron chi connectivity index (χ3n) is 2.86. The zero-order chi connectivity index (χ0) is 13.2. The molecule has 2 N–H and O–H groups in total. The number of anilines is 1. The molecule has 1 aromatic rings. The Morgan fingerprint density at radius 3 is 2.83 bits per heavy atom. The lowest BCUT2D eigenvalue weighted by Gasteiger charge is -2.19. The van der Waals surface area contributed by atoms with Crippen molar-refractivity contribution in [3.05, 3.63) is 12.4 Å². The first-order valence-corrected chi connectivity index (χ1v) is 7.54. The summed E-state index contributed by atoms with van der Waals surface area (Å²) in [5.74, 6) is 0.0704. The van der Waals surface area contributed by atoms with E-state index in [2.05, 4.69) is 5.10 Å². The van der Waals surface area contributed by atoms with E-state index >= 15 is 0 Å². The van der Waals surface area contributed by atoms with Gasteiger partial charge >= 0.3 is 0 Å². The van der Waals surface area contributed by atoms with E-state index in [0.29, 0.717) is 18.7 Å². The predicted molar refractivity (Wildman–Crippen MR) is 66.5 cm³/mol. The largest absolute Gasteiger partial charge is 0.396 e. The maximum absolute atomic E-state index is 12.0. The Balaban J connectivity index is 1.97. The molecule has 100 valence electrons. The third-order valence-corrected chi connectivity index (χ3v) is 4.57. The van der Waals surface area contributed by atoms with Crippen LogP contribution in [0.5, 0.6) is 0 Å². The van der Waals surface area contributed by atoms with Crippen molar-refractivity contribution in [2.45, 2.75) is 13.0 Å². The number of nitrogens with two attached hydrogens (primary N) is 1. The van der Waals surface area contributed by atoms with Crippen molar-refractivity contribution in [1.82, 2.24) is 14.7 Å². The summed E-state index contributed by atoms with van der Waals surface area (Å²) in [5, 5.41) is 3.93. The zero-order valence-corrected chi connectivity index (χ0v) is 10.8. The summed E-state index contributed by atoms with van der Waals surface area (Å²) >= 11 is 0. The lowest BCUT2D eigenvalue weighted by atomic mass is 10.4. The van der Waals surface area contributed by atoms with Gasteiger partial charge in [0.2, 0.25) is 5.91 Å². The Hall–Kier alpha value is -1.57. The van der Waals surface area contributed by atoms with Gasteiger partial charge in [0.15, 0.2) is 9.84 Å². The smallest absolute Gasteiger partial charge is 0.244 e. The molecule has 7 nitrogen and oxygen atoms in total. The molecule has 0 atom stereocenters. The van der Waals surface area contributed by atoms with Gasteiger partial charge in [-0.2, -0.15) is 5.10 Å². The number of sulfone groups is 1. The summed E-state index contributed by atoms with van der Waals surface area (Å²) in [6.07, 6.45) is 3.54. The van der Waals surface area contributed by atoms with Crippen LogP contribution < -0.4 is 5.73 Å². The van der Waals surface area contributed by atoms with Gasteiger partial charge in [0.25, 0.3) is 0 Å². The Bertz CT molecular complexity index is 537. The van der Waals surface area contributed by atoms with E-state index in [1.807, 2.05) is 0 Å². The molecule has 0 spiro atoms. The van der Waals surface area contributed by atoms with Crippen LogP contribution in [0.3, 0.4) is 0 Å². The van der Waals surface area contributed by atoms with E-state index in [0.717, 1.165) is 0 Å². The van der Waals surface area contributed by atoms with Gasteiger partial charge in [0, 0.05) is 19.3 Å². The van der Waals surface area contributed by atoms with Crippen LogP contribution in [0.15, 0.2) is 12.4 Å². The van der Waals surface area contributed by atoms with Crippen LogP contribution in [0, 0.1) is 0 Å². The molecule has 0 saturated carbocycles. The van der Waals surface area contributed by atoms with Crippen LogP contribution in [-0.2, 0) is 21.2 Å². The molecule has 0 aliphatic carbocycles. The van der Waals surface area contributed by atoms with Crippen molar-refractivity contribution in [3.63, 3.8) is 0 Å². The number of carbonyl (C=O) groups excluding carboxylic acids is 1. The number of nitrogen functional groups attached to an aromatic ring is 1. The first kappa shape index (κ1) is 12.9. The summed E-state index contributed by atoms with van der Waals surface area (Å²) in [6, 6.07) is 0. The highest BCUT2D eigenvalue weighted by atomic mass is 32.2. The van der Waals surface area contributed by atoms with E-state index in [1.54, 1.807) is 11.1 Å². The molecular weight excluding hydrogens is 256 g/mol. The number of amides is 1. The Morgan fingerprint density at radius 2 is 2.17 bits per heavy atom. The van der Waals surface area contributed by atoms with Crippen LogP contribution in [0.1, 0.15) is 6.42 Å². The van der Waals surface area contributed by atoms with Crippen molar-refractivity contribution >= 4 is 21.4 Å². The predicted octanol–water partition coefficient (Wildman–Crippen LogP) is -0.888. The van der Waals surface area contributed by atoms with Gasteiger partial charge in [-0.05, 0) is 6.42 Å². The molecule has 0 radical (unpaired) electrons. The lowest BCUT2D eigenvalue weighted by molar-refractivity contribution is -0.131. The molecule has 0 aromatic carbocycles. The van der Waals surface area contributed by atoms with Crippen molar-refractivity contribution < 1.29 is 13.2 Å². The van der Waals surface area contributed by atoms with E-state index in [1.165, 1.54) is 10.9 Å². The van der Waals surface area contributed by atoms with Crippen LogP contribution in [0.2, 0.25) is 0 Å². The molecule has 1 fully saturated rings. The first-order chi connectivity index (χ1) is 8.46. The quantitative estimate of drug-likeness (QED) is 0.753. The Kier molecular flexibility index (Phi) is 3.55. The van der Waals surface area contributed by atoms with Crippen molar-refractivity contribution in [1.29, 1.82) is 0 Å². The second-order valence-corrected chi connectivity index (χ2v) is 6.66. The molecule has 18 heavy (non-hydrogen) atoms. The van der Waals surface area contributed by atoms with Crippen molar-refractivity contribution in [2.24, 2.45) is 0 Å². The molecular formula is C10H16N4O3S. The highest BCUT2D eigenvalue weighted by molar-refractivity contribution is 7.91. The van der Waals surface area contributed by atoms with Gasteiger partial charge in [0.05, 0.1) is 23.4 Å². The minimum atomic E-state index is -2.99. The summed E-state index contributed by atoms with van der Waals surface area (Å²) in [4.78, 5) is 13.5. The normalized spacial score (nSPS) is 19.4. The number of hydrogen-bond acceptors (Lipinski definition) is 5. The Labute approximate surface area is 105 Å². The summed E-state index contributed by atoms with van der Waals surface area (Å²) in [5.41, 5.74) is 6.01. The van der Waals surface area contributed by atoms with Gasteiger partial charge in [-0.3, -0.25) is 9.48 Å². The number of nitrogens with zero attached hydrogens (tertiary/aromatic N) is 3. The summed E-state index contributed by atoms with van der Waals surface area (Å²) < 4.78 is 24.3. The standard InChI is InChI=1S/C10H16N4O3S/c11-9-6-12-14(7-9)8-10(15)13-2-1-4-18(16,17)5-3-13/h6-7H,1-5,8,11H2. The minimum Gasteiger partial charge on any atom is -0.396 e. The second-order valence-electron chi connectivity index (χ2n) is 4.36. The maximum atomic E-state index is 12.0. The molecule has 0 unspecified atom stereocenters. The fraction of sp³-hybridized carbons (Fsp3) is 0.600. The minimum absolute atomic E-state index is 0.0417. The number of hydrogen-bond donors (Lipinski definition) is 1. The van der Waals surface area contributed by atoms with Gasteiger partial charge in [0.1, 0.15) is 6.54 Å². The topological polar surface area (TPSA) is 98.3 Å². The van der Waals surface area contributed by atoms with Gasteiger partial charge in [-0.15, -0.1) is 0 Å². The van der Waals surface area contributed by atoms with Gasteiger partial charge < -0.3 is 10.6 Å². The van der Waals surface area contributed by atoms with E-state index < -0.39 is 9.84 Å². The molecule has 1 saturated heterocycles. The first-order valence-electron chi connectivity index (χ1n) is 5.72. The maximum Gasteiger partial charge on any atom is 0.244 e. The monoisotopic (exact) mass is 272 g/mol. The van der Waals surface area contributed by atoms with Crippen molar-refractivity contribution in [3.8, 4) is 0 Å². The molecule has 8 heteroatoms. The molecule has 1 amide bonds. The van der Waals surface area contributed by atoms with Crippen LogP contribution >= 0.6 is 0 Å². The third kappa shape index (κ3) is 3.22. The van der Waals surface area contributed by atoms with Gasteiger partial charge in [-0.25, -0.2) is 8.42 Å². The fourth-order valence-electron chi connectivity index (χ4n) is 1.89. The fourth-order valence-corrected chi connectivity index (χ4v) is 3.16. The van der Waals surface area contributed by atoms with Gasteiger partial charge in [-0.1, -0.05) is 0 Å². The highest BCUT2D eigenvalue weighted by Gasteiger charge is 2.22. The highest BCUT2D eigenvalue weighted by Crippen LogP contribution is 2.06. The zero-order valence-electron chi connectivity index (χ0n) is 9.95. The van der Waals surface area contributed by atoms with Crippen molar-refractivity contribution in [2.75, 3.05) is 30.3 Å². The van der Waals surface area contributed by atoms with Crippen LogP contribution in [0.25, 0.3) is 0 Å². The average molecular weight is 272 g/mol. The van der Waals surface area contributed by atoms with E-state index in [9.17, 15) is 13.2 Å². The number of carbonyl (C=O) groups is 1. The number of rotatable bonds is 2. The molecule has 1 aliphatic heterocycles. The average Bonchev–Trinajstić information content (AvgIpc) is 2.58. The summed E-state index contributed by atoms with van der Waals surface area (Å²) in [6.45, 7) is 0.837. The van der Waals surface area contributed by atoms with E-state index in [4.69, 9.17) is 5.73 Å². The SMILES string of the molecule is Nc1cnn(CC(=O)N2CCCS(=O)(=O)CC2)c1. The molecule has 2 heterocycles. The molecule has 0 bridgehead atoms. The summed E-state index contributed by atoms with van der Waals surface area (Å²) in [7, 11) is -2.99. The second kappa shape index (κ2) is 4.97. The van der Waals surface area contributed by atoms with E-state index in [-0.39, 0.29) is 30.5 Å². The van der Waals surface area contributed by atoms with Crippen LogP contribution in [0.4, 0.5) is 5.69 Å². The lowest BCUT2D eigenvalue weighted by Crippen LogP contribution is -2.36. The van der Waals surface area contributed by atoms with Crippen LogP contribution in [-0.4, -0.2) is 53.6 Å². The molecule has 1 aliphatic rings. The molecule has 2 rings (SSSR count). The molecule has 1 aromatic heterocycles.